The van der Waals surface area contributed by atoms with Crippen LogP contribution in [0.25, 0.3) is 0 Å². The van der Waals surface area contributed by atoms with Crippen molar-refractivity contribution in [3.05, 3.63) is 30.1 Å². The van der Waals surface area contributed by atoms with E-state index in [9.17, 15) is 14.0 Å². The number of amides is 2. The monoisotopic (exact) mass is 347 g/mol. The fraction of sp³-hybridized carbons (Fsp3) is 0.579. The number of hydrogen-bond donors (Lipinski definition) is 0. The number of anilines is 1. The molecule has 0 N–H and O–H groups in total. The van der Waals surface area contributed by atoms with Crippen LogP contribution in [0.2, 0.25) is 0 Å². The topological polar surface area (TPSA) is 43.9 Å². The maximum Gasteiger partial charge on any atom is 0.241 e. The molecule has 5 nitrogen and oxygen atoms in total. The van der Waals surface area contributed by atoms with Gasteiger partial charge in [-0.1, -0.05) is 19.9 Å². The number of likely N-dealkylation sites (N-methyl/N-ethyl adjacent to an activating group) is 1. The molecule has 0 radical (unpaired) electrons. The van der Waals surface area contributed by atoms with Crippen molar-refractivity contribution in [3.8, 4) is 0 Å². The molecule has 0 unspecified atom stereocenters. The van der Waals surface area contributed by atoms with Gasteiger partial charge in [-0.2, -0.15) is 0 Å². The molecule has 1 atom stereocenters. The summed E-state index contributed by atoms with van der Waals surface area (Å²) < 4.78 is 13.6. The zero-order valence-corrected chi connectivity index (χ0v) is 15.2. The van der Waals surface area contributed by atoms with Gasteiger partial charge in [-0.15, -0.1) is 0 Å². The average Bonchev–Trinajstić information content (AvgIpc) is 2.96. The van der Waals surface area contributed by atoms with Gasteiger partial charge in [0.2, 0.25) is 11.8 Å². The molecule has 0 aromatic heterocycles. The summed E-state index contributed by atoms with van der Waals surface area (Å²) in [5, 5.41) is 0. The molecular formula is C19H26FN3O2. The van der Waals surface area contributed by atoms with Gasteiger partial charge < -0.3 is 9.80 Å². The first kappa shape index (κ1) is 17.9. The normalized spacial score (nSPS) is 24.6. The molecule has 0 bridgehead atoms. The molecular weight excluding hydrogens is 321 g/mol. The average molecular weight is 347 g/mol. The van der Waals surface area contributed by atoms with Crippen molar-refractivity contribution in [2.24, 2.45) is 5.92 Å². The lowest BCUT2D eigenvalue weighted by Gasteiger charge is -2.46. The van der Waals surface area contributed by atoms with Crippen LogP contribution < -0.4 is 4.90 Å². The van der Waals surface area contributed by atoms with E-state index in [1.807, 2.05) is 25.8 Å². The lowest BCUT2D eigenvalue weighted by molar-refractivity contribution is -0.131. The third-order valence-corrected chi connectivity index (χ3v) is 5.32. The highest BCUT2D eigenvalue weighted by Gasteiger charge is 2.48. The second kappa shape index (κ2) is 6.75. The van der Waals surface area contributed by atoms with E-state index in [1.54, 1.807) is 17.0 Å². The van der Waals surface area contributed by atoms with Crippen molar-refractivity contribution in [1.82, 2.24) is 9.80 Å². The van der Waals surface area contributed by atoms with Crippen LogP contribution in [0, 0.1) is 11.7 Å². The van der Waals surface area contributed by atoms with E-state index in [1.165, 1.54) is 12.1 Å². The van der Waals surface area contributed by atoms with Crippen molar-refractivity contribution in [2.75, 3.05) is 38.1 Å². The maximum atomic E-state index is 13.6. The van der Waals surface area contributed by atoms with Crippen LogP contribution in [0.1, 0.15) is 26.7 Å². The number of hydrogen-bond acceptors (Lipinski definition) is 3. The van der Waals surface area contributed by atoms with E-state index in [2.05, 4.69) is 4.90 Å². The first-order valence-electron chi connectivity index (χ1n) is 8.86. The minimum absolute atomic E-state index is 0.0364. The lowest BCUT2D eigenvalue weighted by atomic mass is 9.92. The predicted molar refractivity (Wildman–Crippen MR) is 94.8 cm³/mol. The van der Waals surface area contributed by atoms with Crippen LogP contribution in [-0.4, -0.2) is 60.4 Å². The van der Waals surface area contributed by atoms with Gasteiger partial charge in [0.1, 0.15) is 5.82 Å². The van der Waals surface area contributed by atoms with Crippen LogP contribution in [0.5, 0.6) is 0 Å². The third kappa shape index (κ3) is 3.54. The summed E-state index contributed by atoms with van der Waals surface area (Å²) in [5.74, 6) is 0.122. The van der Waals surface area contributed by atoms with Crippen molar-refractivity contribution < 1.29 is 14.0 Å². The molecule has 2 fully saturated rings. The Balaban J connectivity index is 1.79. The minimum Gasteiger partial charge on any atom is -0.341 e. The van der Waals surface area contributed by atoms with Crippen LogP contribution >= 0.6 is 0 Å². The van der Waals surface area contributed by atoms with E-state index in [-0.39, 0.29) is 29.7 Å². The summed E-state index contributed by atoms with van der Waals surface area (Å²) in [4.78, 5) is 30.6. The number of carbonyl (C=O) groups is 2. The smallest absolute Gasteiger partial charge is 0.241 e. The van der Waals surface area contributed by atoms with Crippen LogP contribution in [0.4, 0.5) is 10.1 Å². The Kier molecular flexibility index (Phi) is 4.82. The molecule has 1 aromatic carbocycles. The Morgan fingerprint density at radius 3 is 2.76 bits per heavy atom. The van der Waals surface area contributed by atoms with Gasteiger partial charge >= 0.3 is 0 Å². The largest absolute Gasteiger partial charge is 0.341 e. The molecule has 2 amide bonds. The zero-order chi connectivity index (χ0) is 18.2. The van der Waals surface area contributed by atoms with Gasteiger partial charge in [0.25, 0.3) is 0 Å². The van der Waals surface area contributed by atoms with Gasteiger partial charge in [-0.3, -0.25) is 14.5 Å². The van der Waals surface area contributed by atoms with E-state index in [0.29, 0.717) is 37.7 Å². The number of rotatable bonds is 3. The van der Waals surface area contributed by atoms with E-state index in [4.69, 9.17) is 0 Å². The summed E-state index contributed by atoms with van der Waals surface area (Å²) in [6, 6.07) is 6.15. The highest BCUT2D eigenvalue weighted by atomic mass is 19.1. The molecule has 2 heterocycles. The number of piperazine rings is 1. The number of halogens is 1. The predicted octanol–water partition coefficient (Wildman–Crippen LogP) is 2.12. The lowest BCUT2D eigenvalue weighted by Crippen LogP contribution is -2.64. The van der Waals surface area contributed by atoms with Gasteiger partial charge in [-0.25, -0.2) is 4.39 Å². The minimum atomic E-state index is -0.349. The van der Waals surface area contributed by atoms with Gasteiger partial charge in [0, 0.05) is 31.7 Å². The fourth-order valence-electron chi connectivity index (χ4n) is 3.83. The second-order valence-electron chi connectivity index (χ2n) is 7.70. The second-order valence-corrected chi connectivity index (χ2v) is 7.70. The first-order chi connectivity index (χ1) is 11.8. The Bertz CT molecular complexity index is 678. The Hall–Kier alpha value is -1.95. The zero-order valence-electron chi connectivity index (χ0n) is 15.2. The molecule has 2 aliphatic rings. The molecule has 0 aliphatic carbocycles. The fourth-order valence-corrected chi connectivity index (χ4v) is 3.83. The molecule has 25 heavy (non-hydrogen) atoms. The summed E-state index contributed by atoms with van der Waals surface area (Å²) in [7, 11) is 1.94. The van der Waals surface area contributed by atoms with Crippen molar-refractivity contribution in [2.45, 2.75) is 32.2 Å². The summed E-state index contributed by atoms with van der Waals surface area (Å²) in [5.41, 5.74) is 0.330. The summed E-state index contributed by atoms with van der Waals surface area (Å²) >= 11 is 0. The van der Waals surface area contributed by atoms with Crippen LogP contribution in [-0.2, 0) is 9.59 Å². The molecule has 3 rings (SSSR count). The number of benzene rings is 1. The molecule has 1 aromatic rings. The molecule has 1 spiro atoms. The van der Waals surface area contributed by atoms with Crippen LogP contribution in [0.3, 0.4) is 0 Å². The van der Waals surface area contributed by atoms with Crippen molar-refractivity contribution >= 4 is 17.5 Å². The number of nitrogens with zero attached hydrogens (tertiary/aromatic N) is 3. The highest BCUT2D eigenvalue weighted by molar-refractivity contribution is 5.96. The Morgan fingerprint density at radius 2 is 2.08 bits per heavy atom. The van der Waals surface area contributed by atoms with Gasteiger partial charge in [0.15, 0.2) is 0 Å². The maximum absolute atomic E-state index is 13.6. The van der Waals surface area contributed by atoms with Gasteiger partial charge in [-0.05, 0) is 37.6 Å². The summed E-state index contributed by atoms with van der Waals surface area (Å²) in [6.07, 6.45) is 1.37. The summed E-state index contributed by atoms with van der Waals surface area (Å²) in [6.45, 7) is 6.18. The molecule has 6 heteroatoms. The Morgan fingerprint density at radius 1 is 1.32 bits per heavy atom. The third-order valence-electron chi connectivity index (χ3n) is 5.32. The van der Waals surface area contributed by atoms with E-state index >= 15 is 0 Å². The van der Waals surface area contributed by atoms with E-state index in [0.717, 1.165) is 6.42 Å². The van der Waals surface area contributed by atoms with Crippen LogP contribution in [0.15, 0.2) is 24.3 Å². The van der Waals surface area contributed by atoms with Crippen molar-refractivity contribution in [1.29, 1.82) is 0 Å². The van der Waals surface area contributed by atoms with Crippen molar-refractivity contribution in [3.63, 3.8) is 0 Å². The van der Waals surface area contributed by atoms with Gasteiger partial charge in [0.05, 0.1) is 12.1 Å². The Labute approximate surface area is 148 Å². The molecule has 2 aliphatic heterocycles. The number of likely N-dealkylation sites (tertiary alicyclic amines) is 1. The van der Waals surface area contributed by atoms with E-state index < -0.39 is 0 Å². The standard InChI is InChI=1S/C19H26FN3O2/c1-14(2)9-17(24)22-8-7-19(12-22)13-23(18(25)11-21(19)3)16-6-4-5-15(20)10-16/h4-6,10,14H,7-9,11-13H2,1-3H3/t19-/m1/s1. The molecule has 2 saturated heterocycles. The first-order valence-corrected chi connectivity index (χ1v) is 8.86. The quantitative estimate of drug-likeness (QED) is 0.841. The molecule has 136 valence electrons. The SMILES string of the molecule is CC(C)CC(=O)N1CC[C@@]2(C1)CN(c1cccc(F)c1)C(=O)CN2C. The highest BCUT2D eigenvalue weighted by Crippen LogP contribution is 2.34. The molecule has 0 saturated carbocycles. The number of carbonyl (C=O) groups excluding carboxylic acids is 2.